The summed E-state index contributed by atoms with van der Waals surface area (Å²) in [6.45, 7) is 4.56. The quantitative estimate of drug-likeness (QED) is 0.857. The van der Waals surface area contributed by atoms with E-state index in [1.165, 1.54) is 24.3 Å². The summed E-state index contributed by atoms with van der Waals surface area (Å²) in [4.78, 5) is 1.44. The molecule has 15 heavy (non-hydrogen) atoms. The van der Waals surface area contributed by atoms with Crippen molar-refractivity contribution in [1.82, 2.24) is 10.6 Å². The van der Waals surface area contributed by atoms with E-state index in [0.29, 0.717) is 12.1 Å². The van der Waals surface area contributed by atoms with Crippen LogP contribution in [-0.2, 0) is 0 Å². The fraction of sp³-hybridized carbons (Fsp3) is 0.636. The monoisotopic (exact) mass is 246 g/mol. The molecule has 0 saturated carbocycles. The first-order chi connectivity index (χ1) is 6.86. The maximum atomic E-state index is 3.67. The second-order valence-corrected chi connectivity index (χ2v) is 4.93. The van der Waals surface area contributed by atoms with Crippen LogP contribution in [0.4, 0.5) is 0 Å². The molecule has 0 spiro atoms. The van der Waals surface area contributed by atoms with Gasteiger partial charge in [0.15, 0.2) is 0 Å². The number of thiophene rings is 1. The van der Waals surface area contributed by atoms with Gasteiger partial charge in [-0.15, -0.1) is 23.7 Å². The number of hydrogen-bond donors (Lipinski definition) is 2. The fourth-order valence-corrected chi connectivity index (χ4v) is 2.71. The van der Waals surface area contributed by atoms with Gasteiger partial charge in [-0.1, -0.05) is 6.07 Å². The highest BCUT2D eigenvalue weighted by molar-refractivity contribution is 7.10. The Morgan fingerprint density at radius 2 is 2.47 bits per heavy atom. The predicted octanol–water partition coefficient (Wildman–Crippen LogP) is 2.57. The van der Waals surface area contributed by atoms with Gasteiger partial charge < -0.3 is 10.6 Å². The van der Waals surface area contributed by atoms with Gasteiger partial charge >= 0.3 is 0 Å². The van der Waals surface area contributed by atoms with Gasteiger partial charge in [0.25, 0.3) is 0 Å². The first kappa shape index (κ1) is 13.0. The molecular weight excluding hydrogens is 228 g/mol. The summed E-state index contributed by atoms with van der Waals surface area (Å²) in [5, 5.41) is 9.24. The minimum absolute atomic E-state index is 0. The SMILES string of the molecule is CC(N[C@H]1CCCNC1)c1cccs1.Cl. The molecule has 0 amide bonds. The molecule has 0 bridgehead atoms. The van der Waals surface area contributed by atoms with Crippen LogP contribution in [0.1, 0.15) is 30.7 Å². The number of hydrogen-bond acceptors (Lipinski definition) is 3. The largest absolute Gasteiger partial charge is 0.315 e. The first-order valence-electron chi connectivity index (χ1n) is 5.36. The Labute approximate surface area is 102 Å². The van der Waals surface area contributed by atoms with Gasteiger partial charge in [0.05, 0.1) is 0 Å². The van der Waals surface area contributed by atoms with Crippen LogP contribution in [0, 0.1) is 0 Å². The Bertz CT molecular complexity index is 258. The van der Waals surface area contributed by atoms with E-state index in [-0.39, 0.29) is 12.4 Å². The van der Waals surface area contributed by atoms with Crippen LogP contribution in [0.5, 0.6) is 0 Å². The van der Waals surface area contributed by atoms with E-state index in [9.17, 15) is 0 Å². The van der Waals surface area contributed by atoms with Gasteiger partial charge in [0, 0.05) is 23.5 Å². The first-order valence-corrected chi connectivity index (χ1v) is 6.24. The zero-order chi connectivity index (χ0) is 9.80. The Balaban J connectivity index is 0.00000112. The molecule has 1 aromatic rings. The molecule has 1 saturated heterocycles. The summed E-state index contributed by atoms with van der Waals surface area (Å²) in [6, 6.07) is 5.48. The lowest BCUT2D eigenvalue weighted by Gasteiger charge is -2.26. The zero-order valence-electron chi connectivity index (χ0n) is 9.03. The smallest absolute Gasteiger partial charge is 0.0388 e. The summed E-state index contributed by atoms with van der Waals surface area (Å²) in [7, 11) is 0. The van der Waals surface area contributed by atoms with E-state index in [4.69, 9.17) is 0 Å². The molecule has 1 aliphatic rings. The van der Waals surface area contributed by atoms with Crippen molar-refractivity contribution >= 4 is 23.7 Å². The van der Waals surface area contributed by atoms with E-state index < -0.39 is 0 Å². The summed E-state index contributed by atoms with van der Waals surface area (Å²) < 4.78 is 0. The molecule has 0 aliphatic carbocycles. The van der Waals surface area contributed by atoms with E-state index in [0.717, 1.165) is 6.54 Å². The molecule has 1 unspecified atom stereocenters. The molecule has 2 atom stereocenters. The van der Waals surface area contributed by atoms with Gasteiger partial charge in [0.1, 0.15) is 0 Å². The highest BCUT2D eigenvalue weighted by Crippen LogP contribution is 2.19. The second kappa shape index (κ2) is 6.48. The summed E-state index contributed by atoms with van der Waals surface area (Å²) in [6.07, 6.45) is 2.61. The van der Waals surface area contributed by atoms with E-state index in [2.05, 4.69) is 35.1 Å². The highest BCUT2D eigenvalue weighted by atomic mass is 35.5. The van der Waals surface area contributed by atoms with Gasteiger partial charge in [-0.05, 0) is 37.8 Å². The van der Waals surface area contributed by atoms with Gasteiger partial charge in [-0.25, -0.2) is 0 Å². The standard InChI is InChI=1S/C11H18N2S.ClH/c1-9(11-5-3-7-14-11)13-10-4-2-6-12-8-10;/h3,5,7,9-10,12-13H,2,4,6,8H2,1H3;1H/t9?,10-;/m0./s1. The number of nitrogens with one attached hydrogen (secondary N) is 2. The Morgan fingerprint density at radius 1 is 1.60 bits per heavy atom. The predicted molar refractivity (Wildman–Crippen MR) is 69.0 cm³/mol. The van der Waals surface area contributed by atoms with Crippen LogP contribution < -0.4 is 10.6 Å². The Hall–Kier alpha value is -0.0900. The number of halogens is 1. The summed E-state index contributed by atoms with van der Waals surface area (Å²) in [5.41, 5.74) is 0. The van der Waals surface area contributed by atoms with Crippen molar-refractivity contribution < 1.29 is 0 Å². The molecule has 2 heterocycles. The average Bonchev–Trinajstić information content (AvgIpc) is 2.72. The average molecular weight is 247 g/mol. The van der Waals surface area contributed by atoms with Crippen molar-refractivity contribution in [3.63, 3.8) is 0 Å². The second-order valence-electron chi connectivity index (χ2n) is 3.95. The highest BCUT2D eigenvalue weighted by Gasteiger charge is 2.15. The zero-order valence-corrected chi connectivity index (χ0v) is 10.7. The third kappa shape index (κ3) is 3.76. The molecule has 1 aromatic heterocycles. The molecule has 2 nitrogen and oxygen atoms in total. The maximum Gasteiger partial charge on any atom is 0.0388 e. The topological polar surface area (TPSA) is 24.1 Å². The Kier molecular flexibility index (Phi) is 5.61. The van der Waals surface area contributed by atoms with Crippen molar-refractivity contribution in [2.75, 3.05) is 13.1 Å². The van der Waals surface area contributed by atoms with Crippen LogP contribution in [-0.4, -0.2) is 19.1 Å². The van der Waals surface area contributed by atoms with Crippen LogP contribution in [0.15, 0.2) is 17.5 Å². The minimum atomic E-state index is 0. The normalized spacial score (nSPS) is 23.1. The molecule has 4 heteroatoms. The molecule has 2 N–H and O–H groups in total. The number of piperidine rings is 1. The van der Waals surface area contributed by atoms with E-state index in [1.807, 2.05) is 11.3 Å². The minimum Gasteiger partial charge on any atom is -0.315 e. The van der Waals surface area contributed by atoms with E-state index >= 15 is 0 Å². The molecule has 2 rings (SSSR count). The van der Waals surface area contributed by atoms with Crippen molar-refractivity contribution in [2.24, 2.45) is 0 Å². The lowest BCUT2D eigenvalue weighted by molar-refractivity contribution is 0.364. The molecule has 1 fully saturated rings. The molecule has 86 valence electrons. The Morgan fingerprint density at radius 3 is 3.07 bits per heavy atom. The third-order valence-electron chi connectivity index (χ3n) is 2.75. The van der Waals surface area contributed by atoms with Crippen LogP contribution in [0.3, 0.4) is 0 Å². The van der Waals surface area contributed by atoms with E-state index in [1.54, 1.807) is 0 Å². The fourth-order valence-electron chi connectivity index (χ4n) is 1.97. The lowest BCUT2D eigenvalue weighted by Crippen LogP contribution is -2.43. The van der Waals surface area contributed by atoms with Gasteiger partial charge in [-0.3, -0.25) is 0 Å². The van der Waals surface area contributed by atoms with Crippen molar-refractivity contribution in [3.05, 3.63) is 22.4 Å². The van der Waals surface area contributed by atoms with Crippen LogP contribution in [0.25, 0.3) is 0 Å². The molecular formula is C11H19ClN2S. The third-order valence-corrected chi connectivity index (χ3v) is 3.81. The van der Waals surface area contributed by atoms with Gasteiger partial charge in [0.2, 0.25) is 0 Å². The van der Waals surface area contributed by atoms with Crippen molar-refractivity contribution in [3.8, 4) is 0 Å². The van der Waals surface area contributed by atoms with Gasteiger partial charge in [-0.2, -0.15) is 0 Å². The maximum absolute atomic E-state index is 3.67. The lowest BCUT2D eigenvalue weighted by atomic mass is 10.1. The van der Waals surface area contributed by atoms with Crippen LogP contribution in [0.2, 0.25) is 0 Å². The number of rotatable bonds is 3. The van der Waals surface area contributed by atoms with Crippen LogP contribution >= 0.6 is 23.7 Å². The molecule has 1 aliphatic heterocycles. The van der Waals surface area contributed by atoms with Crippen molar-refractivity contribution in [2.45, 2.75) is 31.8 Å². The van der Waals surface area contributed by atoms with Crippen molar-refractivity contribution in [1.29, 1.82) is 0 Å². The summed E-state index contributed by atoms with van der Waals surface area (Å²) >= 11 is 1.84. The summed E-state index contributed by atoms with van der Waals surface area (Å²) in [5.74, 6) is 0. The molecule has 0 aromatic carbocycles. The molecule has 0 radical (unpaired) electrons.